The van der Waals surface area contributed by atoms with Crippen molar-refractivity contribution >= 4 is 5.97 Å². The van der Waals surface area contributed by atoms with Crippen molar-refractivity contribution in [2.45, 2.75) is 20.0 Å². The molecule has 0 bridgehead atoms. The predicted molar refractivity (Wildman–Crippen MR) is 112 cm³/mol. The van der Waals surface area contributed by atoms with Crippen molar-refractivity contribution in [2.24, 2.45) is 0 Å². The van der Waals surface area contributed by atoms with Gasteiger partial charge in [0.25, 0.3) is 5.89 Å². The van der Waals surface area contributed by atoms with Gasteiger partial charge in [-0.15, -0.1) is 10.2 Å². The third kappa shape index (κ3) is 4.22. The van der Waals surface area contributed by atoms with Crippen molar-refractivity contribution in [1.29, 1.82) is 0 Å². The van der Waals surface area contributed by atoms with E-state index in [1.54, 1.807) is 31.2 Å². The lowest BCUT2D eigenvalue weighted by Gasteiger charge is -2.10. The third-order valence-corrected chi connectivity index (χ3v) is 4.69. The van der Waals surface area contributed by atoms with Crippen LogP contribution in [0.15, 0.2) is 77.2 Å². The molecule has 0 saturated heterocycles. The Kier molecular flexibility index (Phi) is 5.30. The summed E-state index contributed by atoms with van der Waals surface area (Å²) >= 11 is 0. The van der Waals surface area contributed by atoms with Crippen LogP contribution in [0.4, 0.5) is 0 Å². The second-order valence-corrected chi connectivity index (χ2v) is 6.98. The number of carbonyl (C=O) groups excluding carboxylic acids is 1. The second-order valence-electron chi connectivity index (χ2n) is 6.98. The standard InChI is InChI=1S/C24H20N2O4/c1-15-3-5-19(6-4-15)23-26-25-22(30-23)16(2)29-24(28)20-9-7-17(8-10-20)18-11-13-21(27)14-12-18/h3-14,16,27H,1-2H3/t16-/m1/s1. The van der Waals surface area contributed by atoms with E-state index in [9.17, 15) is 9.90 Å². The first-order chi connectivity index (χ1) is 14.5. The van der Waals surface area contributed by atoms with E-state index in [-0.39, 0.29) is 11.6 Å². The zero-order valence-electron chi connectivity index (χ0n) is 16.6. The van der Waals surface area contributed by atoms with E-state index >= 15 is 0 Å². The number of benzene rings is 3. The summed E-state index contributed by atoms with van der Waals surface area (Å²) in [5.41, 5.74) is 4.23. The van der Waals surface area contributed by atoms with Gasteiger partial charge in [-0.25, -0.2) is 4.79 Å². The third-order valence-electron chi connectivity index (χ3n) is 4.69. The molecular formula is C24H20N2O4. The van der Waals surface area contributed by atoms with Gasteiger partial charge in [0, 0.05) is 5.56 Å². The van der Waals surface area contributed by atoms with Gasteiger partial charge in [0.05, 0.1) is 5.56 Å². The molecule has 0 saturated carbocycles. The van der Waals surface area contributed by atoms with Crippen LogP contribution in [-0.4, -0.2) is 21.3 Å². The highest BCUT2D eigenvalue weighted by molar-refractivity contribution is 5.90. The van der Waals surface area contributed by atoms with E-state index in [2.05, 4.69) is 10.2 Å². The van der Waals surface area contributed by atoms with Crippen LogP contribution in [0.3, 0.4) is 0 Å². The first kappa shape index (κ1) is 19.4. The van der Waals surface area contributed by atoms with Crippen molar-refractivity contribution in [3.8, 4) is 28.3 Å². The molecule has 4 rings (SSSR count). The van der Waals surface area contributed by atoms with E-state index in [1.807, 2.05) is 55.5 Å². The minimum Gasteiger partial charge on any atom is -0.508 e. The smallest absolute Gasteiger partial charge is 0.338 e. The Bertz CT molecular complexity index is 1150. The zero-order valence-corrected chi connectivity index (χ0v) is 16.6. The maximum Gasteiger partial charge on any atom is 0.338 e. The largest absolute Gasteiger partial charge is 0.508 e. The molecule has 0 fully saturated rings. The molecule has 0 radical (unpaired) electrons. The number of esters is 1. The quantitative estimate of drug-likeness (QED) is 0.455. The molecular weight excluding hydrogens is 380 g/mol. The molecule has 150 valence electrons. The summed E-state index contributed by atoms with van der Waals surface area (Å²) < 4.78 is 11.2. The van der Waals surface area contributed by atoms with Gasteiger partial charge in [-0.2, -0.15) is 0 Å². The maximum absolute atomic E-state index is 12.5. The van der Waals surface area contributed by atoms with Crippen molar-refractivity contribution in [2.75, 3.05) is 0 Å². The number of phenolic OH excluding ortho intramolecular Hbond substituents is 1. The summed E-state index contributed by atoms with van der Waals surface area (Å²) in [7, 11) is 0. The molecule has 1 N–H and O–H groups in total. The van der Waals surface area contributed by atoms with E-state index < -0.39 is 12.1 Å². The van der Waals surface area contributed by atoms with E-state index in [4.69, 9.17) is 9.15 Å². The van der Waals surface area contributed by atoms with E-state index in [0.717, 1.165) is 22.3 Å². The highest BCUT2D eigenvalue weighted by Gasteiger charge is 2.20. The molecule has 30 heavy (non-hydrogen) atoms. The fourth-order valence-corrected chi connectivity index (χ4v) is 2.94. The number of aromatic hydroxyl groups is 1. The molecule has 0 unspecified atom stereocenters. The van der Waals surface area contributed by atoms with Crippen molar-refractivity contribution in [1.82, 2.24) is 10.2 Å². The van der Waals surface area contributed by atoms with Crippen LogP contribution in [0.1, 0.15) is 34.8 Å². The summed E-state index contributed by atoms with van der Waals surface area (Å²) in [6.45, 7) is 3.69. The molecule has 0 aliphatic carbocycles. The molecule has 0 amide bonds. The van der Waals surface area contributed by atoms with Crippen LogP contribution < -0.4 is 0 Å². The highest BCUT2D eigenvalue weighted by atomic mass is 16.6. The summed E-state index contributed by atoms with van der Waals surface area (Å²) in [5.74, 6) is 0.347. The fourth-order valence-electron chi connectivity index (χ4n) is 2.94. The monoisotopic (exact) mass is 400 g/mol. The van der Waals surface area contributed by atoms with Crippen LogP contribution in [0.2, 0.25) is 0 Å². The Balaban J connectivity index is 1.43. The zero-order chi connectivity index (χ0) is 21.1. The van der Waals surface area contributed by atoms with Crippen LogP contribution in [0.5, 0.6) is 5.75 Å². The number of carbonyl (C=O) groups is 1. The number of aromatic nitrogens is 2. The Labute approximate surface area is 173 Å². The summed E-state index contributed by atoms with van der Waals surface area (Å²) in [6.07, 6.45) is -0.680. The molecule has 6 heteroatoms. The van der Waals surface area contributed by atoms with Gasteiger partial charge < -0.3 is 14.3 Å². The number of hydrogen-bond acceptors (Lipinski definition) is 6. The van der Waals surface area contributed by atoms with Crippen molar-refractivity contribution in [3.63, 3.8) is 0 Å². The molecule has 3 aromatic carbocycles. The lowest BCUT2D eigenvalue weighted by atomic mass is 10.0. The summed E-state index contributed by atoms with van der Waals surface area (Å²) in [6, 6.07) is 21.6. The van der Waals surface area contributed by atoms with Gasteiger partial charge in [0.2, 0.25) is 5.89 Å². The number of nitrogens with zero attached hydrogens (tertiary/aromatic N) is 2. The molecule has 0 aliphatic heterocycles. The molecule has 0 aliphatic rings. The summed E-state index contributed by atoms with van der Waals surface area (Å²) in [5, 5.41) is 17.4. The lowest BCUT2D eigenvalue weighted by molar-refractivity contribution is 0.0280. The SMILES string of the molecule is Cc1ccc(-c2nnc([C@@H](C)OC(=O)c3ccc(-c4ccc(O)cc4)cc3)o2)cc1. The number of ether oxygens (including phenoxy) is 1. The Hall–Kier alpha value is -3.93. The van der Waals surface area contributed by atoms with Crippen LogP contribution in [0, 0.1) is 6.92 Å². The molecule has 1 aromatic heterocycles. The molecule has 1 heterocycles. The molecule has 0 spiro atoms. The van der Waals surface area contributed by atoms with Gasteiger partial charge in [-0.3, -0.25) is 0 Å². The number of phenols is 1. The van der Waals surface area contributed by atoms with Gasteiger partial charge in [0.1, 0.15) is 5.75 Å². The Morgan fingerprint density at radius 3 is 2.07 bits per heavy atom. The first-order valence-corrected chi connectivity index (χ1v) is 9.50. The summed E-state index contributed by atoms with van der Waals surface area (Å²) in [4.78, 5) is 12.5. The number of rotatable bonds is 5. The minimum absolute atomic E-state index is 0.208. The van der Waals surface area contributed by atoms with Crippen LogP contribution in [-0.2, 0) is 4.74 Å². The predicted octanol–water partition coefficient (Wildman–Crippen LogP) is 5.34. The van der Waals surface area contributed by atoms with Crippen molar-refractivity contribution in [3.05, 3.63) is 89.8 Å². The number of hydrogen-bond donors (Lipinski definition) is 1. The van der Waals surface area contributed by atoms with Gasteiger partial charge in [-0.1, -0.05) is 42.0 Å². The average molecular weight is 400 g/mol. The highest BCUT2D eigenvalue weighted by Crippen LogP contribution is 2.25. The number of aryl methyl sites for hydroxylation is 1. The van der Waals surface area contributed by atoms with Gasteiger partial charge in [-0.05, 0) is 61.4 Å². The molecule has 4 aromatic rings. The Morgan fingerprint density at radius 2 is 1.43 bits per heavy atom. The van der Waals surface area contributed by atoms with Gasteiger partial charge >= 0.3 is 5.97 Å². The lowest BCUT2D eigenvalue weighted by Crippen LogP contribution is -2.09. The molecule has 6 nitrogen and oxygen atoms in total. The van der Waals surface area contributed by atoms with Gasteiger partial charge in [0.15, 0.2) is 6.10 Å². The van der Waals surface area contributed by atoms with E-state index in [1.165, 1.54) is 0 Å². The van der Waals surface area contributed by atoms with Crippen LogP contribution in [0.25, 0.3) is 22.6 Å². The Morgan fingerprint density at radius 1 is 0.867 bits per heavy atom. The maximum atomic E-state index is 12.5. The van der Waals surface area contributed by atoms with Crippen molar-refractivity contribution < 1.29 is 19.1 Å². The first-order valence-electron chi connectivity index (χ1n) is 9.50. The average Bonchev–Trinajstić information content (AvgIpc) is 3.25. The normalized spacial score (nSPS) is 11.8. The topological polar surface area (TPSA) is 85.5 Å². The minimum atomic E-state index is -0.680. The second kappa shape index (κ2) is 8.21. The van der Waals surface area contributed by atoms with Crippen LogP contribution >= 0.6 is 0 Å². The molecule has 1 atom stereocenters. The van der Waals surface area contributed by atoms with E-state index in [0.29, 0.717) is 11.5 Å². The fraction of sp³-hybridized carbons (Fsp3) is 0.125.